The smallest absolute Gasteiger partial charge is 0.305 e. The summed E-state index contributed by atoms with van der Waals surface area (Å²) in [5.41, 5.74) is 0. The number of rotatable bonds is 14. The molecule has 123 valence electrons. The third kappa shape index (κ3) is 15.2. The number of esters is 2. The topological polar surface area (TPSA) is 52.6 Å². The lowest BCUT2D eigenvalue weighted by molar-refractivity contribution is -0.144. The number of hydrogen-bond acceptors (Lipinski definition) is 4. The van der Waals surface area contributed by atoms with Gasteiger partial charge in [-0.25, -0.2) is 0 Å². The van der Waals surface area contributed by atoms with E-state index in [0.29, 0.717) is 12.8 Å². The zero-order valence-electron chi connectivity index (χ0n) is 13.7. The average Bonchev–Trinajstić information content (AvgIpc) is 2.48. The second-order valence-corrected chi connectivity index (χ2v) is 5.28. The first-order chi connectivity index (χ1) is 10.2. The molecule has 0 aliphatic carbocycles. The van der Waals surface area contributed by atoms with Crippen LogP contribution in [0.2, 0.25) is 0 Å². The van der Waals surface area contributed by atoms with E-state index >= 15 is 0 Å². The quantitative estimate of drug-likeness (QED) is 0.356. The van der Waals surface area contributed by atoms with Gasteiger partial charge in [-0.15, -0.1) is 0 Å². The maximum Gasteiger partial charge on any atom is 0.305 e. The van der Waals surface area contributed by atoms with Crippen molar-refractivity contribution in [1.82, 2.24) is 0 Å². The van der Waals surface area contributed by atoms with E-state index in [-0.39, 0.29) is 25.2 Å². The lowest BCUT2D eigenvalue weighted by Gasteiger charge is -2.06. The van der Waals surface area contributed by atoms with Gasteiger partial charge in [-0.1, -0.05) is 52.4 Å². The van der Waals surface area contributed by atoms with Crippen LogP contribution in [0.3, 0.4) is 0 Å². The second-order valence-electron chi connectivity index (χ2n) is 5.28. The molecule has 0 spiro atoms. The van der Waals surface area contributed by atoms with Crippen molar-refractivity contribution in [2.24, 2.45) is 0 Å². The lowest BCUT2D eigenvalue weighted by Crippen LogP contribution is -2.11. The zero-order valence-corrected chi connectivity index (χ0v) is 13.7. The first kappa shape index (κ1) is 19.9. The predicted octanol–water partition coefficient (Wildman–Crippen LogP) is 4.22. The van der Waals surface area contributed by atoms with Gasteiger partial charge >= 0.3 is 11.9 Å². The molecule has 4 heteroatoms. The number of carbonyl (C=O) groups is 2. The van der Waals surface area contributed by atoms with Crippen LogP contribution in [0.15, 0.2) is 0 Å². The molecule has 1 radical (unpaired) electrons. The first-order valence-corrected chi connectivity index (χ1v) is 8.33. The summed E-state index contributed by atoms with van der Waals surface area (Å²) in [6.45, 7) is 4.71. The third-order valence-electron chi connectivity index (χ3n) is 3.19. The molecule has 0 fully saturated rings. The van der Waals surface area contributed by atoms with Crippen molar-refractivity contribution in [1.29, 1.82) is 0 Å². The van der Waals surface area contributed by atoms with Crippen molar-refractivity contribution < 1.29 is 19.1 Å². The second kappa shape index (κ2) is 15.3. The number of unbranched alkanes of at least 4 members (excludes halogenated alkanes) is 6. The van der Waals surface area contributed by atoms with Crippen molar-refractivity contribution in [2.75, 3.05) is 13.2 Å². The number of hydrogen-bond donors (Lipinski definition) is 0. The van der Waals surface area contributed by atoms with Crippen LogP contribution >= 0.6 is 0 Å². The molecule has 0 aromatic heterocycles. The molecule has 0 heterocycles. The van der Waals surface area contributed by atoms with Crippen LogP contribution in [0.25, 0.3) is 0 Å². The summed E-state index contributed by atoms with van der Waals surface area (Å²) >= 11 is 0. The molecule has 21 heavy (non-hydrogen) atoms. The monoisotopic (exact) mass is 299 g/mol. The Hall–Kier alpha value is -1.06. The van der Waals surface area contributed by atoms with Crippen LogP contribution in [0.4, 0.5) is 0 Å². The molecule has 0 amide bonds. The van der Waals surface area contributed by atoms with Gasteiger partial charge in [0.15, 0.2) is 0 Å². The Kier molecular flexibility index (Phi) is 14.6. The lowest BCUT2D eigenvalue weighted by atomic mass is 10.1. The van der Waals surface area contributed by atoms with Gasteiger partial charge in [0.25, 0.3) is 0 Å². The van der Waals surface area contributed by atoms with Crippen LogP contribution in [0, 0.1) is 6.42 Å². The minimum absolute atomic E-state index is 0.173. The molecule has 0 atom stereocenters. The van der Waals surface area contributed by atoms with E-state index in [9.17, 15) is 9.59 Å². The highest BCUT2D eigenvalue weighted by Gasteiger charge is 2.04. The molecule has 0 saturated heterocycles. The Morgan fingerprint density at radius 3 is 1.52 bits per heavy atom. The number of carbonyl (C=O) groups excluding carboxylic acids is 2. The largest absolute Gasteiger partial charge is 0.465 e. The molecule has 0 bridgehead atoms. The van der Waals surface area contributed by atoms with Gasteiger partial charge in [-0.3, -0.25) is 9.59 Å². The molecule has 0 aromatic rings. The van der Waals surface area contributed by atoms with Gasteiger partial charge in [0, 0.05) is 19.3 Å². The summed E-state index contributed by atoms with van der Waals surface area (Å²) in [6.07, 6.45) is 11.2. The molecule has 0 aliphatic rings. The van der Waals surface area contributed by atoms with Gasteiger partial charge in [-0.05, 0) is 12.8 Å². The highest BCUT2D eigenvalue weighted by Crippen LogP contribution is 2.05. The normalized spacial score (nSPS) is 10.4. The molecule has 0 N–H and O–H groups in total. The fourth-order valence-electron chi connectivity index (χ4n) is 1.89. The molecule has 0 aromatic carbocycles. The summed E-state index contributed by atoms with van der Waals surface area (Å²) in [7, 11) is 0. The van der Waals surface area contributed by atoms with Crippen LogP contribution in [-0.4, -0.2) is 25.2 Å². The van der Waals surface area contributed by atoms with Crippen molar-refractivity contribution in [3.63, 3.8) is 0 Å². The fraction of sp³-hybridized carbons (Fsp3) is 0.824. The van der Waals surface area contributed by atoms with E-state index in [1.165, 1.54) is 0 Å². The molecule has 0 rings (SSSR count). The summed E-state index contributed by atoms with van der Waals surface area (Å²) in [4.78, 5) is 22.7. The molecular weight excluding hydrogens is 268 g/mol. The van der Waals surface area contributed by atoms with Gasteiger partial charge in [0.05, 0.1) is 13.2 Å². The third-order valence-corrected chi connectivity index (χ3v) is 3.19. The summed E-state index contributed by atoms with van der Waals surface area (Å²) in [5.74, 6) is -0.346. The van der Waals surface area contributed by atoms with Crippen LogP contribution in [0.5, 0.6) is 0 Å². The summed E-state index contributed by atoms with van der Waals surface area (Å²) < 4.78 is 10.1. The van der Waals surface area contributed by atoms with Crippen molar-refractivity contribution in [2.45, 2.75) is 78.1 Å². The molecule has 0 aliphatic heterocycles. The molecular formula is C17H31O4. The molecule has 0 saturated carbocycles. The van der Waals surface area contributed by atoms with Crippen molar-refractivity contribution >= 4 is 11.9 Å². The van der Waals surface area contributed by atoms with Crippen LogP contribution in [-0.2, 0) is 19.1 Å². The fourth-order valence-corrected chi connectivity index (χ4v) is 1.89. The average molecular weight is 299 g/mol. The van der Waals surface area contributed by atoms with E-state index in [4.69, 9.17) is 9.47 Å². The highest BCUT2D eigenvalue weighted by atomic mass is 16.5. The summed E-state index contributed by atoms with van der Waals surface area (Å²) in [5, 5.41) is 0. The Morgan fingerprint density at radius 2 is 1.14 bits per heavy atom. The van der Waals surface area contributed by atoms with Crippen LogP contribution < -0.4 is 0 Å². The van der Waals surface area contributed by atoms with Crippen molar-refractivity contribution in [3.8, 4) is 0 Å². The van der Waals surface area contributed by atoms with Gasteiger partial charge in [-0.2, -0.15) is 0 Å². The van der Waals surface area contributed by atoms with E-state index in [1.807, 2.05) is 0 Å². The summed E-state index contributed by atoms with van der Waals surface area (Å²) in [6, 6.07) is 0. The maximum atomic E-state index is 11.4. The minimum atomic E-state index is -0.173. The van der Waals surface area contributed by atoms with Crippen molar-refractivity contribution in [3.05, 3.63) is 6.42 Å². The highest BCUT2D eigenvalue weighted by molar-refractivity contribution is 5.69. The van der Waals surface area contributed by atoms with E-state index < -0.39 is 0 Å². The van der Waals surface area contributed by atoms with E-state index in [0.717, 1.165) is 51.4 Å². The Balaban J connectivity index is 3.30. The Bertz CT molecular complexity index is 238. The molecule has 4 nitrogen and oxygen atoms in total. The van der Waals surface area contributed by atoms with Gasteiger partial charge in [0.1, 0.15) is 0 Å². The predicted molar refractivity (Wildman–Crippen MR) is 83.7 cm³/mol. The van der Waals surface area contributed by atoms with Gasteiger partial charge in [0.2, 0.25) is 0 Å². The first-order valence-electron chi connectivity index (χ1n) is 8.33. The Labute approximate surface area is 129 Å². The van der Waals surface area contributed by atoms with Crippen LogP contribution in [0.1, 0.15) is 78.1 Å². The van der Waals surface area contributed by atoms with E-state index in [2.05, 4.69) is 13.8 Å². The Morgan fingerprint density at radius 1 is 0.714 bits per heavy atom. The van der Waals surface area contributed by atoms with Gasteiger partial charge < -0.3 is 9.47 Å². The maximum absolute atomic E-state index is 11.4. The standard InChI is InChI=1S/C17H31O4/c1-3-5-7-9-12-16(18)20-14-11-15-21-17(19)13-10-8-6-4-2/h11H,3-10,12-15H2,1-2H3. The SMILES string of the molecule is CCCCCCC(=O)OC[CH]COC(=O)CCCCCC. The number of ether oxygens (including phenoxy) is 2. The molecule has 0 unspecified atom stereocenters. The van der Waals surface area contributed by atoms with E-state index in [1.54, 1.807) is 6.42 Å². The zero-order chi connectivity index (χ0) is 15.8. The minimum Gasteiger partial charge on any atom is -0.465 e.